The molecule has 7 heteroatoms. The number of carbonyl (C=O) groups excluding carboxylic acids is 1. The lowest BCUT2D eigenvalue weighted by atomic mass is 10.1. The van der Waals surface area contributed by atoms with Gasteiger partial charge >= 0.3 is 6.36 Å². The standard InChI is InChI=1S/C11H11ClF3NO2/c1-7(16-10(17)6-12)8-2-4-9(5-3-8)18-11(13,14)15/h2-5,7H,6H2,1H3,(H,16,17)/t7-/m0/s1. The quantitative estimate of drug-likeness (QED) is 0.862. The van der Waals surface area contributed by atoms with Gasteiger partial charge in [-0.25, -0.2) is 0 Å². The number of hydrogen-bond donors (Lipinski definition) is 1. The van der Waals surface area contributed by atoms with Gasteiger partial charge in [0.05, 0.1) is 6.04 Å². The van der Waals surface area contributed by atoms with Crippen molar-refractivity contribution in [1.82, 2.24) is 5.32 Å². The molecule has 0 aliphatic carbocycles. The lowest BCUT2D eigenvalue weighted by Crippen LogP contribution is -2.27. The number of rotatable bonds is 4. The highest BCUT2D eigenvalue weighted by atomic mass is 35.5. The minimum absolute atomic E-state index is 0.167. The van der Waals surface area contributed by atoms with Gasteiger partial charge in [-0.15, -0.1) is 24.8 Å². The topological polar surface area (TPSA) is 38.3 Å². The Balaban J connectivity index is 2.67. The van der Waals surface area contributed by atoms with Crippen LogP contribution in [0, 0.1) is 0 Å². The Morgan fingerprint density at radius 3 is 2.39 bits per heavy atom. The molecule has 0 unspecified atom stereocenters. The van der Waals surface area contributed by atoms with Crippen molar-refractivity contribution < 1.29 is 22.7 Å². The number of ether oxygens (including phenoxy) is 1. The molecule has 0 fully saturated rings. The average molecular weight is 282 g/mol. The van der Waals surface area contributed by atoms with Gasteiger partial charge in [-0.2, -0.15) is 0 Å². The Kier molecular flexibility index (Phi) is 4.84. The van der Waals surface area contributed by atoms with E-state index in [2.05, 4.69) is 10.1 Å². The van der Waals surface area contributed by atoms with Crippen LogP contribution < -0.4 is 10.1 Å². The molecule has 1 atom stereocenters. The minimum atomic E-state index is -4.71. The predicted octanol–water partition coefficient (Wildman–Crippen LogP) is 3.00. The van der Waals surface area contributed by atoms with Crippen LogP contribution >= 0.6 is 11.6 Å². The molecule has 0 saturated heterocycles. The van der Waals surface area contributed by atoms with Crippen LogP contribution in [0.5, 0.6) is 5.75 Å². The van der Waals surface area contributed by atoms with Crippen molar-refractivity contribution in [2.45, 2.75) is 19.3 Å². The maximum Gasteiger partial charge on any atom is 0.573 e. The van der Waals surface area contributed by atoms with Gasteiger partial charge in [0.25, 0.3) is 0 Å². The highest BCUT2D eigenvalue weighted by Gasteiger charge is 2.31. The molecule has 1 N–H and O–H groups in total. The molecule has 1 amide bonds. The minimum Gasteiger partial charge on any atom is -0.406 e. The largest absolute Gasteiger partial charge is 0.573 e. The summed E-state index contributed by atoms with van der Waals surface area (Å²) >= 11 is 5.32. The molecule has 100 valence electrons. The first-order chi connectivity index (χ1) is 8.31. The van der Waals surface area contributed by atoms with E-state index in [1.54, 1.807) is 6.92 Å². The van der Waals surface area contributed by atoms with Crippen LogP contribution in [0.2, 0.25) is 0 Å². The summed E-state index contributed by atoms with van der Waals surface area (Å²) in [6.45, 7) is 1.70. The van der Waals surface area contributed by atoms with E-state index in [-0.39, 0.29) is 23.6 Å². The molecule has 18 heavy (non-hydrogen) atoms. The summed E-state index contributed by atoms with van der Waals surface area (Å²) < 4.78 is 39.5. The fourth-order valence-electron chi connectivity index (χ4n) is 1.32. The van der Waals surface area contributed by atoms with Crippen LogP contribution in [-0.4, -0.2) is 18.1 Å². The van der Waals surface area contributed by atoms with E-state index < -0.39 is 6.36 Å². The van der Waals surface area contributed by atoms with Crippen LogP contribution in [0.3, 0.4) is 0 Å². The summed E-state index contributed by atoms with van der Waals surface area (Å²) in [7, 11) is 0. The van der Waals surface area contributed by atoms with E-state index in [4.69, 9.17) is 11.6 Å². The zero-order chi connectivity index (χ0) is 13.8. The zero-order valence-corrected chi connectivity index (χ0v) is 10.2. The molecular formula is C11H11ClF3NO2. The second-order valence-electron chi connectivity index (χ2n) is 3.54. The van der Waals surface area contributed by atoms with Crippen LogP contribution in [0.1, 0.15) is 18.5 Å². The van der Waals surface area contributed by atoms with Crippen LogP contribution in [0.15, 0.2) is 24.3 Å². The van der Waals surface area contributed by atoms with E-state index in [9.17, 15) is 18.0 Å². The average Bonchev–Trinajstić information content (AvgIpc) is 2.27. The third-order valence-electron chi connectivity index (χ3n) is 2.11. The normalized spacial score (nSPS) is 12.9. The predicted molar refractivity (Wildman–Crippen MR) is 60.4 cm³/mol. The molecule has 0 aromatic heterocycles. The molecule has 1 aromatic rings. The highest BCUT2D eigenvalue weighted by molar-refractivity contribution is 6.27. The Labute approximate surface area is 107 Å². The number of benzene rings is 1. The molecule has 0 aliphatic heterocycles. The van der Waals surface area contributed by atoms with Crippen molar-refractivity contribution in [1.29, 1.82) is 0 Å². The van der Waals surface area contributed by atoms with Gasteiger partial charge in [-0.3, -0.25) is 4.79 Å². The molecule has 0 spiro atoms. The van der Waals surface area contributed by atoms with E-state index in [0.29, 0.717) is 5.56 Å². The van der Waals surface area contributed by atoms with E-state index in [1.807, 2.05) is 0 Å². The molecule has 1 aromatic carbocycles. The van der Waals surface area contributed by atoms with E-state index in [1.165, 1.54) is 24.3 Å². The van der Waals surface area contributed by atoms with Crippen LogP contribution in [0.25, 0.3) is 0 Å². The molecule has 0 saturated carbocycles. The van der Waals surface area contributed by atoms with Crippen molar-refractivity contribution in [3.05, 3.63) is 29.8 Å². The molecule has 0 heterocycles. The van der Waals surface area contributed by atoms with Crippen molar-refractivity contribution in [3.8, 4) is 5.75 Å². The van der Waals surface area contributed by atoms with Gasteiger partial charge in [0, 0.05) is 0 Å². The van der Waals surface area contributed by atoms with Gasteiger partial charge in [-0.05, 0) is 24.6 Å². The first kappa shape index (κ1) is 14.6. The van der Waals surface area contributed by atoms with Crippen LogP contribution in [-0.2, 0) is 4.79 Å². The van der Waals surface area contributed by atoms with E-state index >= 15 is 0 Å². The van der Waals surface area contributed by atoms with Gasteiger partial charge in [0.1, 0.15) is 11.6 Å². The number of halogens is 4. The van der Waals surface area contributed by atoms with Gasteiger partial charge in [-0.1, -0.05) is 12.1 Å². The summed E-state index contributed by atoms with van der Waals surface area (Å²) in [4.78, 5) is 11.0. The molecule has 0 radical (unpaired) electrons. The van der Waals surface area contributed by atoms with Gasteiger partial charge in [0.2, 0.25) is 5.91 Å². The number of alkyl halides is 4. The highest BCUT2D eigenvalue weighted by Crippen LogP contribution is 2.24. The van der Waals surface area contributed by atoms with Crippen molar-refractivity contribution in [2.75, 3.05) is 5.88 Å². The summed E-state index contributed by atoms with van der Waals surface area (Å²) in [5.74, 6) is -0.818. The Morgan fingerprint density at radius 2 is 1.94 bits per heavy atom. The third kappa shape index (κ3) is 4.83. The Bertz CT molecular complexity index is 406. The van der Waals surface area contributed by atoms with Gasteiger partial charge in [0.15, 0.2) is 0 Å². The summed E-state index contributed by atoms with van der Waals surface area (Å²) in [5, 5.41) is 2.58. The zero-order valence-electron chi connectivity index (χ0n) is 9.42. The first-order valence-corrected chi connectivity index (χ1v) is 5.56. The Hall–Kier alpha value is -1.43. The smallest absolute Gasteiger partial charge is 0.406 e. The molecule has 1 rings (SSSR count). The Morgan fingerprint density at radius 1 is 1.39 bits per heavy atom. The first-order valence-electron chi connectivity index (χ1n) is 5.03. The number of nitrogens with one attached hydrogen (secondary N) is 1. The number of hydrogen-bond acceptors (Lipinski definition) is 2. The second-order valence-corrected chi connectivity index (χ2v) is 3.81. The lowest BCUT2D eigenvalue weighted by molar-refractivity contribution is -0.274. The SMILES string of the molecule is C[C@H](NC(=O)CCl)c1ccc(OC(F)(F)F)cc1. The maximum atomic E-state index is 11.9. The van der Waals surface area contributed by atoms with E-state index in [0.717, 1.165) is 0 Å². The third-order valence-corrected chi connectivity index (χ3v) is 2.36. The van der Waals surface area contributed by atoms with Gasteiger partial charge < -0.3 is 10.1 Å². The van der Waals surface area contributed by atoms with Crippen molar-refractivity contribution in [2.24, 2.45) is 0 Å². The molecule has 0 bridgehead atoms. The van der Waals surface area contributed by atoms with Crippen molar-refractivity contribution in [3.63, 3.8) is 0 Å². The van der Waals surface area contributed by atoms with Crippen LogP contribution in [0.4, 0.5) is 13.2 Å². The fraction of sp³-hybridized carbons (Fsp3) is 0.364. The number of carbonyl (C=O) groups is 1. The number of amides is 1. The summed E-state index contributed by atoms with van der Waals surface area (Å²) in [5.41, 5.74) is 0.656. The molecular weight excluding hydrogens is 271 g/mol. The summed E-state index contributed by atoms with van der Waals surface area (Å²) in [6.07, 6.45) is -4.71. The molecule has 0 aliphatic rings. The van der Waals surface area contributed by atoms with Crippen molar-refractivity contribution >= 4 is 17.5 Å². The lowest BCUT2D eigenvalue weighted by Gasteiger charge is -2.14. The fourth-order valence-corrected chi connectivity index (χ4v) is 1.40. The second kappa shape index (κ2) is 5.95. The molecule has 3 nitrogen and oxygen atoms in total. The maximum absolute atomic E-state index is 11.9. The summed E-state index contributed by atoms with van der Waals surface area (Å²) in [6, 6.07) is 4.93. The monoisotopic (exact) mass is 281 g/mol.